The molecule has 0 radical (unpaired) electrons. The molecule has 2 heterocycles. The van der Waals surface area contributed by atoms with Gasteiger partial charge < -0.3 is 15.0 Å². The van der Waals surface area contributed by atoms with Crippen LogP contribution in [0.4, 0.5) is 5.82 Å². The smallest absolute Gasteiger partial charge is 0.276 e. The molecule has 0 amide bonds. The van der Waals surface area contributed by atoms with Crippen LogP contribution in [0.25, 0.3) is 11.6 Å². The summed E-state index contributed by atoms with van der Waals surface area (Å²) in [5.74, 6) is 1.57. The fourth-order valence-electron chi connectivity index (χ4n) is 1.77. The van der Waals surface area contributed by atoms with Crippen LogP contribution in [-0.4, -0.2) is 21.7 Å². The minimum absolute atomic E-state index is 0.177. The van der Waals surface area contributed by atoms with Gasteiger partial charge >= 0.3 is 0 Å². The van der Waals surface area contributed by atoms with Crippen molar-refractivity contribution in [2.24, 2.45) is 5.92 Å². The van der Waals surface area contributed by atoms with Crippen molar-refractivity contribution in [3.8, 4) is 11.6 Å². The van der Waals surface area contributed by atoms with Crippen molar-refractivity contribution in [2.45, 2.75) is 26.9 Å². The lowest BCUT2D eigenvalue weighted by atomic mass is 10.1. The number of ether oxygens (including phenoxy) is 1. The SMILES string of the molecule is CCOC(c1noc(-c2cccc(N)n2)n1)C(C)C. The van der Waals surface area contributed by atoms with Gasteiger partial charge in [-0.25, -0.2) is 4.98 Å². The summed E-state index contributed by atoms with van der Waals surface area (Å²) in [6, 6.07) is 5.28. The highest BCUT2D eigenvalue weighted by molar-refractivity contribution is 5.49. The fourth-order valence-corrected chi connectivity index (χ4v) is 1.77. The van der Waals surface area contributed by atoms with E-state index in [1.165, 1.54) is 0 Å². The molecule has 6 nitrogen and oxygen atoms in total. The van der Waals surface area contributed by atoms with Gasteiger partial charge in [0.05, 0.1) is 0 Å². The minimum atomic E-state index is -0.177. The average Bonchev–Trinajstić information content (AvgIpc) is 2.84. The maximum atomic E-state index is 5.63. The molecule has 0 spiro atoms. The Kier molecular flexibility index (Phi) is 4.11. The van der Waals surface area contributed by atoms with Crippen molar-refractivity contribution in [2.75, 3.05) is 12.3 Å². The molecule has 0 saturated carbocycles. The third kappa shape index (κ3) is 3.08. The Morgan fingerprint density at radius 2 is 2.11 bits per heavy atom. The topological polar surface area (TPSA) is 87.1 Å². The highest BCUT2D eigenvalue weighted by Gasteiger charge is 2.22. The normalized spacial score (nSPS) is 12.8. The molecule has 0 saturated heterocycles. The predicted molar refractivity (Wildman–Crippen MR) is 71.1 cm³/mol. The van der Waals surface area contributed by atoms with Crippen molar-refractivity contribution >= 4 is 5.82 Å². The number of aromatic nitrogens is 3. The first kappa shape index (κ1) is 13.5. The summed E-state index contributed by atoms with van der Waals surface area (Å²) in [5, 5.41) is 3.97. The van der Waals surface area contributed by atoms with Gasteiger partial charge in [-0.15, -0.1) is 0 Å². The Morgan fingerprint density at radius 1 is 1.32 bits per heavy atom. The van der Waals surface area contributed by atoms with Gasteiger partial charge in [0, 0.05) is 6.61 Å². The molecular weight excluding hydrogens is 244 g/mol. The number of rotatable bonds is 5. The molecule has 2 N–H and O–H groups in total. The van der Waals surface area contributed by atoms with E-state index in [1.807, 2.05) is 6.92 Å². The molecule has 2 aromatic rings. The van der Waals surface area contributed by atoms with E-state index in [-0.39, 0.29) is 12.0 Å². The van der Waals surface area contributed by atoms with Crippen LogP contribution in [0.3, 0.4) is 0 Å². The summed E-state index contributed by atoms with van der Waals surface area (Å²) in [6.07, 6.45) is -0.177. The van der Waals surface area contributed by atoms with E-state index in [0.29, 0.717) is 29.8 Å². The highest BCUT2D eigenvalue weighted by atomic mass is 16.5. The van der Waals surface area contributed by atoms with Gasteiger partial charge in [-0.1, -0.05) is 25.1 Å². The van der Waals surface area contributed by atoms with Gasteiger partial charge in [0.15, 0.2) is 0 Å². The standard InChI is InChI=1S/C13H18N4O2/c1-4-18-11(8(2)3)12-16-13(19-17-12)9-6-5-7-10(14)15-9/h5-8,11H,4H2,1-3H3,(H2,14,15). The number of nitrogens with two attached hydrogens (primary N) is 1. The molecule has 0 aliphatic heterocycles. The third-order valence-corrected chi connectivity index (χ3v) is 2.64. The molecular formula is C13H18N4O2. The van der Waals surface area contributed by atoms with Crippen LogP contribution in [0.1, 0.15) is 32.7 Å². The van der Waals surface area contributed by atoms with Gasteiger partial charge in [-0.05, 0) is 25.0 Å². The molecule has 0 aromatic carbocycles. The van der Waals surface area contributed by atoms with Crippen molar-refractivity contribution in [3.05, 3.63) is 24.0 Å². The molecule has 2 rings (SSSR count). The quantitative estimate of drug-likeness (QED) is 0.890. The maximum absolute atomic E-state index is 5.63. The van der Waals surface area contributed by atoms with Crippen LogP contribution < -0.4 is 5.73 Å². The zero-order valence-electron chi connectivity index (χ0n) is 11.3. The van der Waals surface area contributed by atoms with Crippen molar-refractivity contribution in [1.29, 1.82) is 0 Å². The highest BCUT2D eigenvalue weighted by Crippen LogP contribution is 2.25. The molecule has 0 fully saturated rings. The Morgan fingerprint density at radius 3 is 2.74 bits per heavy atom. The summed E-state index contributed by atoms with van der Waals surface area (Å²) in [4.78, 5) is 8.49. The fraction of sp³-hybridized carbons (Fsp3) is 0.462. The summed E-state index contributed by atoms with van der Waals surface area (Å²) in [7, 11) is 0. The van der Waals surface area contributed by atoms with E-state index in [9.17, 15) is 0 Å². The third-order valence-electron chi connectivity index (χ3n) is 2.64. The molecule has 6 heteroatoms. The van der Waals surface area contributed by atoms with Crippen molar-refractivity contribution < 1.29 is 9.26 Å². The largest absolute Gasteiger partial charge is 0.384 e. The van der Waals surface area contributed by atoms with Crippen LogP contribution in [0.15, 0.2) is 22.7 Å². The maximum Gasteiger partial charge on any atom is 0.276 e. The number of hydrogen-bond acceptors (Lipinski definition) is 6. The van der Waals surface area contributed by atoms with Crippen LogP contribution in [0, 0.1) is 5.92 Å². The van der Waals surface area contributed by atoms with E-state index in [1.54, 1.807) is 18.2 Å². The number of nitrogens with zero attached hydrogens (tertiary/aromatic N) is 3. The Bertz CT molecular complexity index is 539. The van der Waals surface area contributed by atoms with Gasteiger partial charge in [0.2, 0.25) is 5.82 Å². The number of anilines is 1. The second kappa shape index (κ2) is 5.79. The Hall–Kier alpha value is -1.95. The van der Waals surface area contributed by atoms with Crippen LogP contribution in [0.5, 0.6) is 0 Å². The van der Waals surface area contributed by atoms with Crippen LogP contribution >= 0.6 is 0 Å². The van der Waals surface area contributed by atoms with E-state index >= 15 is 0 Å². The lowest BCUT2D eigenvalue weighted by Crippen LogP contribution is -2.12. The van der Waals surface area contributed by atoms with Gasteiger partial charge in [0.1, 0.15) is 17.6 Å². The van der Waals surface area contributed by atoms with E-state index in [0.717, 1.165) is 0 Å². The zero-order valence-corrected chi connectivity index (χ0v) is 11.3. The number of nitrogen functional groups attached to an aromatic ring is 1. The first-order valence-corrected chi connectivity index (χ1v) is 6.30. The summed E-state index contributed by atoms with van der Waals surface area (Å²) >= 11 is 0. The predicted octanol–water partition coefficient (Wildman–Crippen LogP) is 2.45. The average molecular weight is 262 g/mol. The molecule has 0 aliphatic rings. The van der Waals surface area contributed by atoms with Gasteiger partial charge in [0.25, 0.3) is 5.89 Å². The Balaban J connectivity index is 2.27. The lowest BCUT2D eigenvalue weighted by molar-refractivity contribution is 0.0217. The van der Waals surface area contributed by atoms with E-state index in [4.69, 9.17) is 15.0 Å². The number of pyridine rings is 1. The van der Waals surface area contributed by atoms with Crippen LogP contribution in [0.2, 0.25) is 0 Å². The number of hydrogen-bond donors (Lipinski definition) is 1. The van der Waals surface area contributed by atoms with Crippen molar-refractivity contribution in [3.63, 3.8) is 0 Å². The summed E-state index contributed by atoms with van der Waals surface area (Å²) in [5.41, 5.74) is 6.20. The summed E-state index contributed by atoms with van der Waals surface area (Å²) in [6.45, 7) is 6.64. The molecule has 2 aromatic heterocycles. The Labute approximate surface area is 112 Å². The van der Waals surface area contributed by atoms with E-state index in [2.05, 4.69) is 29.0 Å². The monoisotopic (exact) mass is 262 g/mol. The summed E-state index contributed by atoms with van der Waals surface area (Å²) < 4.78 is 10.9. The first-order chi connectivity index (χ1) is 9.11. The second-order valence-corrected chi connectivity index (χ2v) is 4.53. The second-order valence-electron chi connectivity index (χ2n) is 4.53. The van der Waals surface area contributed by atoms with Gasteiger partial charge in [-0.2, -0.15) is 4.98 Å². The lowest BCUT2D eigenvalue weighted by Gasteiger charge is -2.16. The molecule has 0 bridgehead atoms. The van der Waals surface area contributed by atoms with Crippen molar-refractivity contribution in [1.82, 2.24) is 15.1 Å². The molecule has 102 valence electrons. The molecule has 19 heavy (non-hydrogen) atoms. The van der Waals surface area contributed by atoms with E-state index < -0.39 is 0 Å². The van der Waals surface area contributed by atoms with Gasteiger partial charge in [-0.3, -0.25) is 0 Å². The first-order valence-electron chi connectivity index (χ1n) is 6.30. The molecule has 1 atom stereocenters. The van der Waals surface area contributed by atoms with Crippen LogP contribution in [-0.2, 0) is 4.74 Å². The minimum Gasteiger partial charge on any atom is -0.384 e. The molecule has 1 unspecified atom stereocenters. The zero-order chi connectivity index (χ0) is 13.8. The molecule has 0 aliphatic carbocycles.